The SMILES string of the molecule is NCC(c1ccc(Cl)cc1Cl)N1CC2CCC(C1)O2. The van der Waals surface area contributed by atoms with Crippen LogP contribution in [0.15, 0.2) is 18.2 Å². The lowest BCUT2D eigenvalue weighted by Crippen LogP contribution is -2.46. The van der Waals surface area contributed by atoms with Crippen LogP contribution in [0, 0.1) is 0 Å². The van der Waals surface area contributed by atoms with Gasteiger partial charge in [-0.25, -0.2) is 0 Å². The molecule has 0 radical (unpaired) electrons. The minimum Gasteiger partial charge on any atom is -0.372 e. The minimum absolute atomic E-state index is 0.150. The summed E-state index contributed by atoms with van der Waals surface area (Å²) in [6.45, 7) is 2.44. The van der Waals surface area contributed by atoms with E-state index < -0.39 is 0 Å². The zero-order chi connectivity index (χ0) is 13.4. The highest BCUT2D eigenvalue weighted by Gasteiger charge is 2.36. The van der Waals surface area contributed by atoms with Crippen LogP contribution in [0.2, 0.25) is 10.0 Å². The van der Waals surface area contributed by atoms with E-state index in [1.165, 1.54) is 0 Å². The van der Waals surface area contributed by atoms with Gasteiger partial charge >= 0.3 is 0 Å². The fraction of sp³-hybridized carbons (Fsp3) is 0.571. The summed E-state index contributed by atoms with van der Waals surface area (Å²) in [6.07, 6.45) is 3.04. The fourth-order valence-electron chi connectivity index (χ4n) is 3.15. The molecule has 0 saturated carbocycles. The number of morpholine rings is 1. The van der Waals surface area contributed by atoms with Crippen molar-refractivity contribution in [3.63, 3.8) is 0 Å². The van der Waals surface area contributed by atoms with E-state index in [1.807, 2.05) is 12.1 Å². The molecule has 2 aliphatic heterocycles. The van der Waals surface area contributed by atoms with Crippen LogP contribution in [0.1, 0.15) is 24.4 Å². The Labute approximate surface area is 123 Å². The van der Waals surface area contributed by atoms with Crippen molar-refractivity contribution in [2.24, 2.45) is 5.73 Å². The second-order valence-corrected chi connectivity index (χ2v) is 6.17. The minimum atomic E-state index is 0.150. The van der Waals surface area contributed by atoms with Gasteiger partial charge < -0.3 is 10.5 Å². The molecule has 3 atom stereocenters. The molecule has 1 aromatic rings. The highest BCUT2D eigenvalue weighted by Crippen LogP contribution is 2.34. The Hall–Kier alpha value is -0.320. The van der Waals surface area contributed by atoms with Crippen molar-refractivity contribution in [1.82, 2.24) is 4.90 Å². The normalized spacial score (nSPS) is 28.6. The predicted molar refractivity (Wildman–Crippen MR) is 77.7 cm³/mol. The van der Waals surface area contributed by atoms with Gasteiger partial charge in [-0.15, -0.1) is 0 Å². The molecule has 3 nitrogen and oxygen atoms in total. The standard InChI is InChI=1S/C14H18Cl2N2O/c15-9-1-4-12(13(16)5-9)14(6-17)18-7-10-2-3-11(8-18)19-10/h1,4-5,10-11,14H,2-3,6-8,17H2. The lowest BCUT2D eigenvalue weighted by Gasteiger charge is -2.38. The van der Waals surface area contributed by atoms with Crippen LogP contribution in [0.3, 0.4) is 0 Å². The lowest BCUT2D eigenvalue weighted by atomic mass is 10.0. The molecule has 2 heterocycles. The van der Waals surface area contributed by atoms with Crippen molar-refractivity contribution in [2.75, 3.05) is 19.6 Å². The number of hydrogen-bond acceptors (Lipinski definition) is 3. The molecule has 19 heavy (non-hydrogen) atoms. The van der Waals surface area contributed by atoms with Crippen LogP contribution in [0.4, 0.5) is 0 Å². The number of fused-ring (bicyclic) bond motifs is 2. The molecule has 2 N–H and O–H groups in total. The summed E-state index contributed by atoms with van der Waals surface area (Å²) < 4.78 is 5.87. The van der Waals surface area contributed by atoms with Gasteiger partial charge in [-0.05, 0) is 30.5 Å². The zero-order valence-electron chi connectivity index (χ0n) is 10.7. The summed E-state index contributed by atoms with van der Waals surface area (Å²) in [4.78, 5) is 2.40. The first-order valence-electron chi connectivity index (χ1n) is 6.72. The molecule has 2 bridgehead atoms. The molecule has 0 aromatic heterocycles. The Balaban J connectivity index is 1.83. The Morgan fingerprint density at radius 3 is 2.53 bits per heavy atom. The highest BCUT2D eigenvalue weighted by atomic mass is 35.5. The Morgan fingerprint density at radius 1 is 1.26 bits per heavy atom. The molecule has 2 saturated heterocycles. The van der Waals surface area contributed by atoms with Crippen molar-refractivity contribution in [3.05, 3.63) is 33.8 Å². The predicted octanol–water partition coefficient (Wildman–Crippen LogP) is 2.86. The highest BCUT2D eigenvalue weighted by molar-refractivity contribution is 6.35. The van der Waals surface area contributed by atoms with E-state index >= 15 is 0 Å². The molecule has 0 amide bonds. The van der Waals surface area contributed by atoms with Gasteiger partial charge in [-0.2, -0.15) is 0 Å². The van der Waals surface area contributed by atoms with E-state index in [4.69, 9.17) is 33.7 Å². The van der Waals surface area contributed by atoms with Crippen LogP contribution in [-0.4, -0.2) is 36.7 Å². The summed E-state index contributed by atoms with van der Waals surface area (Å²) in [5.74, 6) is 0. The first-order valence-corrected chi connectivity index (χ1v) is 7.47. The van der Waals surface area contributed by atoms with Gasteiger partial charge in [-0.3, -0.25) is 4.90 Å². The number of nitrogens with zero attached hydrogens (tertiary/aromatic N) is 1. The van der Waals surface area contributed by atoms with Crippen molar-refractivity contribution in [2.45, 2.75) is 31.1 Å². The number of rotatable bonds is 3. The molecule has 0 spiro atoms. The van der Waals surface area contributed by atoms with Gasteiger partial charge in [0.05, 0.1) is 12.2 Å². The van der Waals surface area contributed by atoms with E-state index in [0.29, 0.717) is 28.8 Å². The molecule has 104 valence electrons. The average Bonchev–Trinajstić information content (AvgIpc) is 2.72. The van der Waals surface area contributed by atoms with E-state index in [1.54, 1.807) is 6.07 Å². The van der Waals surface area contributed by atoms with Crippen molar-refractivity contribution in [3.8, 4) is 0 Å². The van der Waals surface area contributed by atoms with E-state index in [9.17, 15) is 0 Å². The summed E-state index contributed by atoms with van der Waals surface area (Å²) in [5.41, 5.74) is 7.04. The van der Waals surface area contributed by atoms with Crippen molar-refractivity contribution >= 4 is 23.2 Å². The molecule has 2 fully saturated rings. The third-order valence-corrected chi connectivity index (χ3v) is 4.62. The van der Waals surface area contributed by atoms with Crippen LogP contribution in [0.5, 0.6) is 0 Å². The molecular formula is C14H18Cl2N2O. The summed E-state index contributed by atoms with van der Waals surface area (Å²) in [6, 6.07) is 5.80. The number of nitrogens with two attached hydrogens (primary N) is 1. The summed E-state index contributed by atoms with van der Waals surface area (Å²) in [5, 5.41) is 1.35. The summed E-state index contributed by atoms with van der Waals surface area (Å²) in [7, 11) is 0. The average molecular weight is 301 g/mol. The maximum absolute atomic E-state index is 6.31. The van der Waals surface area contributed by atoms with Crippen molar-refractivity contribution < 1.29 is 4.74 Å². The Morgan fingerprint density at radius 2 is 1.95 bits per heavy atom. The monoisotopic (exact) mass is 300 g/mol. The molecule has 3 rings (SSSR count). The smallest absolute Gasteiger partial charge is 0.0707 e. The topological polar surface area (TPSA) is 38.5 Å². The molecular weight excluding hydrogens is 283 g/mol. The number of likely N-dealkylation sites (tertiary alicyclic amines) is 1. The van der Waals surface area contributed by atoms with Gasteiger partial charge in [-0.1, -0.05) is 29.3 Å². The van der Waals surface area contributed by atoms with E-state index in [0.717, 1.165) is 31.5 Å². The number of benzene rings is 1. The lowest BCUT2D eigenvalue weighted by molar-refractivity contribution is -0.0520. The molecule has 5 heteroatoms. The van der Waals surface area contributed by atoms with Crippen LogP contribution < -0.4 is 5.73 Å². The molecule has 0 aliphatic carbocycles. The third-order valence-electron chi connectivity index (χ3n) is 4.06. The number of halogens is 2. The second kappa shape index (κ2) is 5.58. The molecule has 3 unspecified atom stereocenters. The van der Waals surface area contributed by atoms with Gasteiger partial charge in [0.15, 0.2) is 0 Å². The van der Waals surface area contributed by atoms with Crippen LogP contribution >= 0.6 is 23.2 Å². The van der Waals surface area contributed by atoms with Crippen molar-refractivity contribution in [1.29, 1.82) is 0 Å². The maximum Gasteiger partial charge on any atom is 0.0707 e. The van der Waals surface area contributed by atoms with Gasteiger partial charge in [0.25, 0.3) is 0 Å². The quantitative estimate of drug-likeness (QED) is 0.933. The van der Waals surface area contributed by atoms with Gasteiger partial charge in [0.1, 0.15) is 0 Å². The largest absolute Gasteiger partial charge is 0.372 e. The van der Waals surface area contributed by atoms with Gasteiger partial charge in [0.2, 0.25) is 0 Å². The first kappa shape index (κ1) is 13.7. The summed E-state index contributed by atoms with van der Waals surface area (Å²) >= 11 is 12.3. The van der Waals surface area contributed by atoms with E-state index in [2.05, 4.69) is 4.90 Å². The second-order valence-electron chi connectivity index (χ2n) is 5.33. The molecule has 1 aromatic carbocycles. The van der Waals surface area contributed by atoms with Gasteiger partial charge in [0, 0.05) is 35.7 Å². The Kier molecular flexibility index (Phi) is 4.01. The third kappa shape index (κ3) is 2.76. The zero-order valence-corrected chi connectivity index (χ0v) is 12.2. The molecule has 2 aliphatic rings. The number of ether oxygens (including phenoxy) is 1. The maximum atomic E-state index is 6.31. The van der Waals surface area contributed by atoms with Crippen LogP contribution in [-0.2, 0) is 4.74 Å². The Bertz CT molecular complexity index is 457. The van der Waals surface area contributed by atoms with Crippen LogP contribution in [0.25, 0.3) is 0 Å². The fourth-order valence-corrected chi connectivity index (χ4v) is 3.68. The number of hydrogen-bond donors (Lipinski definition) is 1. The van der Waals surface area contributed by atoms with E-state index in [-0.39, 0.29) is 6.04 Å². The first-order chi connectivity index (χ1) is 9.17.